The zero-order valence-electron chi connectivity index (χ0n) is 9.84. The van der Waals surface area contributed by atoms with E-state index in [1.54, 1.807) is 18.2 Å². The third kappa shape index (κ3) is 3.32. The van der Waals surface area contributed by atoms with Gasteiger partial charge in [0.15, 0.2) is 0 Å². The highest BCUT2D eigenvalue weighted by Gasteiger charge is 2.16. The van der Waals surface area contributed by atoms with Crippen LogP contribution in [-0.2, 0) is 6.42 Å². The first-order chi connectivity index (χ1) is 8.99. The highest BCUT2D eigenvalue weighted by atomic mass is 79.9. The van der Waals surface area contributed by atoms with Crippen molar-refractivity contribution in [2.45, 2.75) is 12.5 Å². The van der Waals surface area contributed by atoms with E-state index in [2.05, 4.69) is 15.9 Å². The summed E-state index contributed by atoms with van der Waals surface area (Å²) in [4.78, 5) is 0. The summed E-state index contributed by atoms with van der Waals surface area (Å²) in [6.45, 7) is 0. The van der Waals surface area contributed by atoms with Gasteiger partial charge in [-0.2, -0.15) is 0 Å². The molecule has 0 bridgehead atoms. The topological polar surface area (TPSA) is 26.0 Å². The predicted molar refractivity (Wildman–Crippen MR) is 76.1 cm³/mol. The Hall–Kier alpha value is -0.970. The Morgan fingerprint density at radius 1 is 1.16 bits per heavy atom. The van der Waals surface area contributed by atoms with Crippen LogP contribution >= 0.6 is 27.5 Å². The molecule has 0 saturated carbocycles. The second-order valence-corrected chi connectivity index (χ2v) is 5.47. The summed E-state index contributed by atoms with van der Waals surface area (Å²) >= 11 is 9.26. The number of benzene rings is 2. The van der Waals surface area contributed by atoms with Crippen LogP contribution in [0.3, 0.4) is 0 Å². The van der Waals surface area contributed by atoms with E-state index in [0.29, 0.717) is 5.02 Å². The van der Waals surface area contributed by atoms with Crippen LogP contribution < -0.4 is 5.73 Å². The molecule has 1 unspecified atom stereocenters. The lowest BCUT2D eigenvalue weighted by atomic mass is 9.99. The molecule has 0 heterocycles. The van der Waals surface area contributed by atoms with Crippen LogP contribution in [0.5, 0.6) is 0 Å². The van der Waals surface area contributed by atoms with Crippen LogP contribution in [0.1, 0.15) is 17.2 Å². The molecule has 100 valence electrons. The SMILES string of the molecule is NC(Cc1c(F)cccc1F)c1cc(Cl)ccc1Br. The highest BCUT2D eigenvalue weighted by molar-refractivity contribution is 9.10. The molecule has 1 atom stereocenters. The Morgan fingerprint density at radius 2 is 1.79 bits per heavy atom. The third-order valence-electron chi connectivity index (χ3n) is 2.84. The van der Waals surface area contributed by atoms with Crippen molar-refractivity contribution in [3.05, 3.63) is 68.7 Å². The Balaban J connectivity index is 2.31. The average molecular weight is 347 g/mol. The van der Waals surface area contributed by atoms with Crippen molar-refractivity contribution >= 4 is 27.5 Å². The van der Waals surface area contributed by atoms with Gasteiger partial charge >= 0.3 is 0 Å². The second-order valence-electron chi connectivity index (χ2n) is 4.18. The van der Waals surface area contributed by atoms with E-state index in [4.69, 9.17) is 17.3 Å². The van der Waals surface area contributed by atoms with Crippen molar-refractivity contribution in [3.63, 3.8) is 0 Å². The summed E-state index contributed by atoms with van der Waals surface area (Å²) in [7, 11) is 0. The van der Waals surface area contributed by atoms with Crippen LogP contribution in [0.15, 0.2) is 40.9 Å². The lowest BCUT2D eigenvalue weighted by Crippen LogP contribution is -2.15. The van der Waals surface area contributed by atoms with E-state index in [9.17, 15) is 8.78 Å². The molecule has 2 aromatic carbocycles. The quantitative estimate of drug-likeness (QED) is 0.862. The fraction of sp³-hybridized carbons (Fsp3) is 0.143. The van der Waals surface area contributed by atoms with Crippen molar-refractivity contribution in [2.24, 2.45) is 5.73 Å². The fourth-order valence-corrected chi connectivity index (χ4v) is 2.58. The molecule has 0 aliphatic heterocycles. The van der Waals surface area contributed by atoms with Gasteiger partial charge in [-0.05, 0) is 42.3 Å². The first-order valence-electron chi connectivity index (χ1n) is 5.62. The van der Waals surface area contributed by atoms with Gasteiger partial charge in [0.2, 0.25) is 0 Å². The van der Waals surface area contributed by atoms with E-state index < -0.39 is 17.7 Å². The summed E-state index contributed by atoms with van der Waals surface area (Å²) in [5.41, 5.74) is 6.72. The minimum atomic E-state index is -0.589. The highest BCUT2D eigenvalue weighted by Crippen LogP contribution is 2.28. The fourth-order valence-electron chi connectivity index (χ4n) is 1.86. The lowest BCUT2D eigenvalue weighted by molar-refractivity contribution is 0.539. The molecule has 5 heteroatoms. The van der Waals surface area contributed by atoms with E-state index >= 15 is 0 Å². The average Bonchev–Trinajstić information content (AvgIpc) is 2.37. The van der Waals surface area contributed by atoms with Gasteiger partial charge in [-0.25, -0.2) is 8.78 Å². The molecule has 0 fully saturated rings. The Morgan fingerprint density at radius 3 is 2.42 bits per heavy atom. The Bertz CT molecular complexity index is 584. The summed E-state index contributed by atoms with van der Waals surface area (Å²) < 4.78 is 27.9. The maximum atomic E-state index is 13.6. The van der Waals surface area contributed by atoms with Crippen molar-refractivity contribution in [3.8, 4) is 0 Å². The predicted octanol–water partition coefficient (Wildman–Crippen LogP) is 4.62. The molecule has 0 aromatic heterocycles. The lowest BCUT2D eigenvalue weighted by Gasteiger charge is -2.15. The number of nitrogens with two attached hydrogens (primary N) is 1. The van der Waals surface area contributed by atoms with Gasteiger partial charge in [-0.3, -0.25) is 0 Å². The van der Waals surface area contributed by atoms with Crippen LogP contribution in [0, 0.1) is 11.6 Å². The molecule has 2 N–H and O–H groups in total. The normalized spacial score (nSPS) is 12.5. The van der Waals surface area contributed by atoms with Crippen LogP contribution in [0.25, 0.3) is 0 Å². The molecule has 0 amide bonds. The van der Waals surface area contributed by atoms with Crippen LogP contribution in [0.2, 0.25) is 5.02 Å². The van der Waals surface area contributed by atoms with Gasteiger partial charge in [-0.1, -0.05) is 33.6 Å². The van der Waals surface area contributed by atoms with E-state index in [-0.39, 0.29) is 12.0 Å². The van der Waals surface area contributed by atoms with Crippen molar-refractivity contribution in [1.82, 2.24) is 0 Å². The molecule has 1 nitrogen and oxygen atoms in total. The molecular formula is C14H11BrClF2N. The van der Waals surface area contributed by atoms with Crippen molar-refractivity contribution in [2.75, 3.05) is 0 Å². The molecular weight excluding hydrogens is 336 g/mol. The minimum absolute atomic E-state index is 0.0122. The molecule has 0 aliphatic carbocycles. The largest absolute Gasteiger partial charge is 0.324 e. The summed E-state index contributed by atoms with van der Waals surface area (Å²) in [5, 5.41) is 0.530. The van der Waals surface area contributed by atoms with E-state index in [0.717, 1.165) is 10.0 Å². The molecule has 0 aliphatic rings. The molecule has 2 aromatic rings. The third-order valence-corrected chi connectivity index (χ3v) is 3.80. The standard InChI is InChI=1S/C14H11BrClF2N/c15-11-5-4-8(16)6-9(11)14(19)7-10-12(17)2-1-3-13(10)18/h1-6,14H,7,19H2. The first kappa shape index (κ1) is 14.4. The molecule has 0 spiro atoms. The summed E-state index contributed by atoms with van der Waals surface area (Å²) in [6.07, 6.45) is 0.0669. The monoisotopic (exact) mass is 345 g/mol. The second kappa shape index (κ2) is 5.99. The van der Waals surface area contributed by atoms with Crippen molar-refractivity contribution in [1.29, 1.82) is 0 Å². The first-order valence-corrected chi connectivity index (χ1v) is 6.79. The maximum absolute atomic E-state index is 13.6. The van der Waals surface area contributed by atoms with Gasteiger partial charge in [0.1, 0.15) is 11.6 Å². The van der Waals surface area contributed by atoms with Gasteiger partial charge in [-0.15, -0.1) is 0 Å². The molecule has 19 heavy (non-hydrogen) atoms. The number of rotatable bonds is 3. The van der Waals surface area contributed by atoms with Gasteiger partial charge in [0.05, 0.1) is 0 Å². The van der Waals surface area contributed by atoms with Gasteiger partial charge in [0, 0.05) is 21.1 Å². The number of halogens is 4. The summed E-state index contributed by atoms with van der Waals surface area (Å²) in [5.74, 6) is -1.18. The Kier molecular flexibility index (Phi) is 4.55. The van der Waals surface area contributed by atoms with Gasteiger partial charge in [0.25, 0.3) is 0 Å². The smallest absolute Gasteiger partial charge is 0.129 e. The zero-order valence-corrected chi connectivity index (χ0v) is 12.2. The number of hydrogen-bond acceptors (Lipinski definition) is 1. The van der Waals surface area contributed by atoms with Crippen LogP contribution in [0.4, 0.5) is 8.78 Å². The molecule has 0 radical (unpaired) electrons. The minimum Gasteiger partial charge on any atom is -0.324 e. The summed E-state index contributed by atoms with van der Waals surface area (Å²) in [6, 6.07) is 8.39. The Labute approximate surface area is 123 Å². The van der Waals surface area contributed by atoms with E-state index in [1.165, 1.54) is 18.2 Å². The van der Waals surface area contributed by atoms with Crippen LogP contribution in [-0.4, -0.2) is 0 Å². The van der Waals surface area contributed by atoms with Gasteiger partial charge < -0.3 is 5.73 Å². The molecule has 2 rings (SSSR count). The van der Waals surface area contributed by atoms with Crippen molar-refractivity contribution < 1.29 is 8.78 Å². The zero-order chi connectivity index (χ0) is 14.0. The molecule has 0 saturated heterocycles. The van der Waals surface area contributed by atoms with E-state index in [1.807, 2.05) is 0 Å². The maximum Gasteiger partial charge on any atom is 0.129 e. The number of hydrogen-bond donors (Lipinski definition) is 1.